The van der Waals surface area contributed by atoms with Crippen LogP contribution in [0.25, 0.3) is 0 Å². The fraction of sp³-hybridized carbons (Fsp3) is 0.462. The highest BCUT2D eigenvalue weighted by atomic mass is 35.5. The van der Waals surface area contributed by atoms with Gasteiger partial charge in [0.2, 0.25) is 0 Å². The quantitative estimate of drug-likeness (QED) is 0.851. The van der Waals surface area contributed by atoms with Crippen LogP contribution < -0.4 is 5.32 Å². The van der Waals surface area contributed by atoms with Crippen molar-refractivity contribution in [2.24, 2.45) is 0 Å². The lowest BCUT2D eigenvalue weighted by Gasteiger charge is -2.24. The summed E-state index contributed by atoms with van der Waals surface area (Å²) in [6, 6.07) is 7.18. The zero-order valence-electron chi connectivity index (χ0n) is 10.3. The number of aliphatic carboxylic acids is 1. The number of carboxylic acids is 1. The van der Waals surface area contributed by atoms with E-state index in [2.05, 4.69) is 12.2 Å². The Hall–Kier alpha value is -1.06. The van der Waals surface area contributed by atoms with Gasteiger partial charge in [0, 0.05) is 11.1 Å². The molecule has 1 aromatic carbocycles. The largest absolute Gasteiger partial charge is 0.480 e. The predicted octanol–water partition coefficient (Wildman–Crippen LogP) is 2.89. The van der Waals surface area contributed by atoms with Gasteiger partial charge in [-0.2, -0.15) is 0 Å². The summed E-state index contributed by atoms with van der Waals surface area (Å²) in [5.74, 6) is -0.603. The Bertz CT molecular complexity index is 378. The summed E-state index contributed by atoms with van der Waals surface area (Å²) in [6.07, 6.45) is 0. The maximum absolute atomic E-state index is 10.8. The maximum Gasteiger partial charge on any atom is 0.320 e. The monoisotopic (exact) mass is 255 g/mol. The molecule has 3 nitrogen and oxygen atoms in total. The molecule has 2 unspecified atom stereocenters. The SMILES string of the molecule is CC(N[C@H](C)C(=O)O)C(C)c1ccc(Cl)cc1. The molecule has 0 heterocycles. The lowest BCUT2D eigenvalue weighted by atomic mass is 9.94. The predicted molar refractivity (Wildman–Crippen MR) is 69.6 cm³/mol. The van der Waals surface area contributed by atoms with E-state index in [1.807, 2.05) is 31.2 Å². The normalized spacial score (nSPS) is 16.2. The van der Waals surface area contributed by atoms with Crippen molar-refractivity contribution in [3.8, 4) is 0 Å². The van der Waals surface area contributed by atoms with Crippen LogP contribution in [0.5, 0.6) is 0 Å². The first-order valence-corrected chi connectivity index (χ1v) is 6.04. The van der Waals surface area contributed by atoms with Crippen molar-refractivity contribution in [1.29, 1.82) is 0 Å². The number of rotatable bonds is 5. The van der Waals surface area contributed by atoms with E-state index < -0.39 is 12.0 Å². The molecule has 1 rings (SSSR count). The fourth-order valence-electron chi connectivity index (χ4n) is 1.66. The second kappa shape index (κ2) is 6.03. The minimum Gasteiger partial charge on any atom is -0.480 e. The van der Waals surface area contributed by atoms with Gasteiger partial charge in [-0.25, -0.2) is 0 Å². The van der Waals surface area contributed by atoms with Crippen molar-refractivity contribution in [3.05, 3.63) is 34.9 Å². The minimum atomic E-state index is -0.833. The molecule has 0 spiro atoms. The van der Waals surface area contributed by atoms with Gasteiger partial charge in [0.15, 0.2) is 0 Å². The molecular weight excluding hydrogens is 238 g/mol. The number of nitrogens with one attached hydrogen (secondary N) is 1. The van der Waals surface area contributed by atoms with Crippen molar-refractivity contribution in [3.63, 3.8) is 0 Å². The van der Waals surface area contributed by atoms with E-state index in [9.17, 15) is 4.79 Å². The Balaban J connectivity index is 2.66. The Kier molecular flexibility index (Phi) is 4.97. The van der Waals surface area contributed by atoms with Crippen molar-refractivity contribution < 1.29 is 9.90 Å². The highest BCUT2D eigenvalue weighted by Gasteiger charge is 2.19. The van der Waals surface area contributed by atoms with Crippen LogP contribution in [-0.4, -0.2) is 23.2 Å². The summed E-state index contributed by atoms with van der Waals surface area (Å²) in [6.45, 7) is 5.70. The number of hydrogen-bond acceptors (Lipinski definition) is 2. The summed E-state index contributed by atoms with van der Waals surface area (Å²) in [4.78, 5) is 10.8. The lowest BCUT2D eigenvalue weighted by Crippen LogP contribution is -2.42. The molecule has 1 aromatic rings. The molecule has 0 aliphatic rings. The highest BCUT2D eigenvalue weighted by Crippen LogP contribution is 2.21. The van der Waals surface area contributed by atoms with Crippen molar-refractivity contribution in [2.45, 2.75) is 38.8 Å². The van der Waals surface area contributed by atoms with Gasteiger partial charge in [0.25, 0.3) is 0 Å². The smallest absolute Gasteiger partial charge is 0.320 e. The Morgan fingerprint density at radius 1 is 1.24 bits per heavy atom. The van der Waals surface area contributed by atoms with Gasteiger partial charge in [-0.15, -0.1) is 0 Å². The first-order valence-electron chi connectivity index (χ1n) is 5.66. The molecular formula is C13H18ClNO2. The van der Waals surface area contributed by atoms with E-state index in [4.69, 9.17) is 16.7 Å². The molecule has 0 saturated carbocycles. The summed E-state index contributed by atoms with van der Waals surface area (Å²) in [5, 5.41) is 12.6. The van der Waals surface area contributed by atoms with Crippen molar-refractivity contribution in [2.75, 3.05) is 0 Å². The van der Waals surface area contributed by atoms with E-state index in [1.54, 1.807) is 6.92 Å². The van der Waals surface area contributed by atoms with E-state index in [1.165, 1.54) is 0 Å². The highest BCUT2D eigenvalue weighted by molar-refractivity contribution is 6.30. The van der Waals surface area contributed by atoms with Crippen molar-refractivity contribution >= 4 is 17.6 Å². The van der Waals surface area contributed by atoms with E-state index >= 15 is 0 Å². The molecule has 0 aliphatic heterocycles. The molecule has 3 atom stereocenters. The Labute approximate surface area is 107 Å². The van der Waals surface area contributed by atoms with Gasteiger partial charge in [0.05, 0.1) is 0 Å². The van der Waals surface area contributed by atoms with Crippen LogP contribution in [0.1, 0.15) is 32.3 Å². The number of carbonyl (C=O) groups is 1. The molecule has 4 heteroatoms. The van der Waals surface area contributed by atoms with Crippen LogP contribution in [0.15, 0.2) is 24.3 Å². The van der Waals surface area contributed by atoms with Gasteiger partial charge in [0.1, 0.15) is 6.04 Å². The molecule has 0 aliphatic carbocycles. The number of carboxylic acid groups (broad SMARTS) is 1. The summed E-state index contributed by atoms with van der Waals surface area (Å²) >= 11 is 5.83. The number of halogens is 1. The maximum atomic E-state index is 10.8. The minimum absolute atomic E-state index is 0.0854. The summed E-state index contributed by atoms with van der Waals surface area (Å²) in [5.41, 5.74) is 1.15. The standard InChI is InChI=1S/C13H18ClNO2/c1-8(9(2)15-10(3)13(16)17)11-4-6-12(14)7-5-11/h4-10,15H,1-3H3,(H,16,17)/t8?,9?,10-/m1/s1. The van der Waals surface area contributed by atoms with Crippen LogP contribution in [0.2, 0.25) is 5.02 Å². The van der Waals surface area contributed by atoms with Crippen LogP contribution in [0.3, 0.4) is 0 Å². The second-order valence-corrected chi connectivity index (χ2v) is 4.79. The molecule has 0 saturated heterocycles. The van der Waals surface area contributed by atoms with E-state index in [0.717, 1.165) is 5.56 Å². The summed E-state index contributed by atoms with van der Waals surface area (Å²) in [7, 11) is 0. The second-order valence-electron chi connectivity index (χ2n) is 4.36. The third kappa shape index (κ3) is 4.02. The topological polar surface area (TPSA) is 49.3 Å². The third-order valence-corrected chi connectivity index (χ3v) is 3.28. The van der Waals surface area contributed by atoms with Crippen LogP contribution >= 0.6 is 11.6 Å². The van der Waals surface area contributed by atoms with Gasteiger partial charge in [-0.3, -0.25) is 4.79 Å². The molecule has 0 amide bonds. The fourth-order valence-corrected chi connectivity index (χ4v) is 1.79. The average Bonchev–Trinajstić information content (AvgIpc) is 2.28. The number of benzene rings is 1. The van der Waals surface area contributed by atoms with E-state index in [0.29, 0.717) is 5.02 Å². The first-order chi connectivity index (χ1) is 7.91. The third-order valence-electron chi connectivity index (χ3n) is 3.03. The van der Waals surface area contributed by atoms with Crippen LogP contribution in [-0.2, 0) is 4.79 Å². The molecule has 0 aromatic heterocycles. The van der Waals surface area contributed by atoms with Gasteiger partial charge in [-0.1, -0.05) is 30.7 Å². The average molecular weight is 256 g/mol. The molecule has 94 valence electrons. The Morgan fingerprint density at radius 2 is 1.76 bits per heavy atom. The molecule has 0 bridgehead atoms. The van der Waals surface area contributed by atoms with Crippen molar-refractivity contribution in [1.82, 2.24) is 5.32 Å². The van der Waals surface area contributed by atoms with Crippen LogP contribution in [0.4, 0.5) is 0 Å². The van der Waals surface area contributed by atoms with Gasteiger partial charge in [-0.05, 0) is 37.5 Å². The molecule has 0 radical (unpaired) electrons. The molecule has 0 fully saturated rings. The molecule has 2 N–H and O–H groups in total. The Morgan fingerprint density at radius 3 is 2.24 bits per heavy atom. The lowest BCUT2D eigenvalue weighted by molar-refractivity contribution is -0.139. The zero-order valence-corrected chi connectivity index (χ0v) is 11.0. The van der Waals surface area contributed by atoms with Gasteiger partial charge < -0.3 is 10.4 Å². The zero-order chi connectivity index (χ0) is 13.0. The van der Waals surface area contributed by atoms with Crippen LogP contribution in [0, 0.1) is 0 Å². The first kappa shape index (κ1) is 14.0. The molecule has 17 heavy (non-hydrogen) atoms. The summed E-state index contributed by atoms with van der Waals surface area (Å²) < 4.78 is 0. The van der Waals surface area contributed by atoms with E-state index in [-0.39, 0.29) is 12.0 Å². The van der Waals surface area contributed by atoms with Gasteiger partial charge >= 0.3 is 5.97 Å². The number of hydrogen-bond donors (Lipinski definition) is 2.